The van der Waals surface area contributed by atoms with Crippen LogP contribution in [-0.2, 0) is 21.8 Å². The maximum atomic E-state index is 13.5. The van der Waals surface area contributed by atoms with Crippen LogP contribution < -0.4 is 4.72 Å². The number of fused-ring (bicyclic) bond motifs is 1. The Labute approximate surface area is 215 Å². The van der Waals surface area contributed by atoms with Crippen LogP contribution in [0.15, 0.2) is 96.0 Å². The average molecular weight is 512 g/mol. The summed E-state index contributed by atoms with van der Waals surface area (Å²) in [6.07, 6.45) is 1.67. The van der Waals surface area contributed by atoms with Crippen molar-refractivity contribution in [3.8, 4) is 22.4 Å². The molecule has 8 heteroatoms. The van der Waals surface area contributed by atoms with Gasteiger partial charge in [-0.1, -0.05) is 48.0 Å². The van der Waals surface area contributed by atoms with E-state index in [4.69, 9.17) is 4.74 Å². The number of ether oxygens (including phenoxy) is 1. The molecule has 0 saturated heterocycles. The molecular weight excluding hydrogens is 486 g/mol. The molecule has 0 saturated carbocycles. The van der Waals surface area contributed by atoms with E-state index in [0.717, 1.165) is 22.0 Å². The molecule has 7 nitrogen and oxygen atoms in total. The number of carbonyl (C=O) groups is 1. The summed E-state index contributed by atoms with van der Waals surface area (Å²) in [4.78, 5) is 17.0. The summed E-state index contributed by atoms with van der Waals surface area (Å²) in [5.74, 6) is -0.0632. The van der Waals surface area contributed by atoms with E-state index in [2.05, 4.69) is 9.71 Å². The SMILES string of the molecule is COC(=O)c1ccc(-c2c(NS(=O)(=O)c3ccc(C)cc3)n(C)c3ccccc23)c(-c2ccccn2)c1. The number of carbonyl (C=O) groups excluding carboxylic acids is 1. The van der Waals surface area contributed by atoms with Crippen LogP contribution >= 0.6 is 0 Å². The number of anilines is 1. The summed E-state index contributed by atoms with van der Waals surface area (Å²) in [7, 11) is -0.740. The highest BCUT2D eigenvalue weighted by molar-refractivity contribution is 7.92. The Hall–Kier alpha value is -4.43. The minimum atomic E-state index is -3.89. The number of nitrogens with one attached hydrogen (secondary N) is 1. The third-order valence-corrected chi connectivity index (χ3v) is 7.67. The number of pyridine rings is 1. The molecule has 0 aliphatic carbocycles. The number of hydrogen-bond donors (Lipinski definition) is 1. The molecule has 0 aliphatic heterocycles. The van der Waals surface area contributed by atoms with Crippen LogP contribution in [0, 0.1) is 6.92 Å². The van der Waals surface area contributed by atoms with E-state index in [-0.39, 0.29) is 4.90 Å². The Morgan fingerprint density at radius 3 is 2.35 bits per heavy atom. The van der Waals surface area contributed by atoms with Crippen LogP contribution in [-0.4, -0.2) is 31.0 Å². The first-order chi connectivity index (χ1) is 17.8. The number of nitrogens with zero attached hydrogens (tertiary/aromatic N) is 2. The van der Waals surface area contributed by atoms with Crippen LogP contribution in [0.3, 0.4) is 0 Å². The molecule has 5 aromatic rings. The second-order valence-electron chi connectivity index (χ2n) is 8.69. The molecule has 5 rings (SSSR count). The van der Waals surface area contributed by atoms with Crippen LogP contribution in [0.1, 0.15) is 15.9 Å². The molecule has 0 spiro atoms. The molecule has 0 atom stereocenters. The minimum absolute atomic E-state index is 0.167. The zero-order valence-electron chi connectivity index (χ0n) is 20.6. The predicted octanol–water partition coefficient (Wildman–Crippen LogP) is 5.80. The molecule has 37 heavy (non-hydrogen) atoms. The first-order valence-electron chi connectivity index (χ1n) is 11.6. The quantitative estimate of drug-likeness (QED) is 0.291. The van der Waals surface area contributed by atoms with E-state index in [1.54, 1.807) is 42.6 Å². The number of rotatable bonds is 6. The lowest BCUT2D eigenvalue weighted by Gasteiger charge is -2.15. The molecule has 0 amide bonds. The fraction of sp³-hybridized carbons (Fsp3) is 0.103. The number of aryl methyl sites for hydroxylation is 2. The normalized spacial score (nSPS) is 11.4. The predicted molar refractivity (Wildman–Crippen MR) is 145 cm³/mol. The van der Waals surface area contributed by atoms with Crippen LogP contribution in [0.4, 0.5) is 5.82 Å². The lowest BCUT2D eigenvalue weighted by atomic mass is 9.94. The lowest BCUT2D eigenvalue weighted by Crippen LogP contribution is -2.15. The third-order valence-electron chi connectivity index (χ3n) is 6.32. The smallest absolute Gasteiger partial charge is 0.337 e. The first kappa shape index (κ1) is 24.3. The van der Waals surface area contributed by atoms with Crippen molar-refractivity contribution in [2.75, 3.05) is 11.8 Å². The van der Waals surface area contributed by atoms with E-state index in [1.807, 2.05) is 67.1 Å². The molecule has 3 aromatic carbocycles. The number of esters is 1. The maximum absolute atomic E-state index is 13.5. The summed E-state index contributed by atoms with van der Waals surface area (Å²) < 4.78 is 36.5. The first-order valence-corrected chi connectivity index (χ1v) is 13.1. The number of sulfonamides is 1. The molecular formula is C29H25N3O4S. The van der Waals surface area contributed by atoms with Crippen molar-refractivity contribution in [2.45, 2.75) is 11.8 Å². The number of methoxy groups -OCH3 is 1. The van der Waals surface area contributed by atoms with E-state index < -0.39 is 16.0 Å². The van der Waals surface area contributed by atoms with E-state index in [9.17, 15) is 13.2 Å². The van der Waals surface area contributed by atoms with E-state index >= 15 is 0 Å². The zero-order valence-corrected chi connectivity index (χ0v) is 21.4. The van der Waals surface area contributed by atoms with Gasteiger partial charge in [-0.2, -0.15) is 0 Å². The van der Waals surface area contributed by atoms with Gasteiger partial charge in [0.15, 0.2) is 0 Å². The van der Waals surface area contributed by atoms with E-state index in [1.165, 1.54) is 7.11 Å². The second kappa shape index (κ2) is 9.55. The third kappa shape index (κ3) is 4.47. The lowest BCUT2D eigenvalue weighted by molar-refractivity contribution is 0.0601. The topological polar surface area (TPSA) is 90.3 Å². The molecule has 0 radical (unpaired) electrons. The molecule has 0 unspecified atom stereocenters. The summed E-state index contributed by atoms with van der Waals surface area (Å²) >= 11 is 0. The van der Waals surface area contributed by atoms with E-state index in [0.29, 0.717) is 28.2 Å². The number of hydrogen-bond acceptors (Lipinski definition) is 5. The molecule has 2 heterocycles. The van der Waals surface area contributed by atoms with Crippen molar-refractivity contribution in [1.82, 2.24) is 9.55 Å². The highest BCUT2D eigenvalue weighted by Crippen LogP contribution is 2.43. The summed E-state index contributed by atoms with van der Waals surface area (Å²) in [5, 5.41) is 0.856. The highest BCUT2D eigenvalue weighted by Gasteiger charge is 2.25. The van der Waals surface area contributed by atoms with Gasteiger partial charge >= 0.3 is 5.97 Å². The molecule has 0 bridgehead atoms. The molecule has 1 N–H and O–H groups in total. The Kier molecular flexibility index (Phi) is 6.27. The summed E-state index contributed by atoms with van der Waals surface area (Å²) in [6, 6.07) is 25.1. The van der Waals surface area contributed by atoms with Gasteiger partial charge in [-0.25, -0.2) is 13.2 Å². The van der Waals surface area contributed by atoms with Gasteiger partial charge in [0, 0.05) is 29.8 Å². The second-order valence-corrected chi connectivity index (χ2v) is 10.4. The van der Waals surface area contributed by atoms with Gasteiger partial charge < -0.3 is 9.30 Å². The van der Waals surface area contributed by atoms with Crippen LogP contribution in [0.5, 0.6) is 0 Å². The van der Waals surface area contributed by atoms with Crippen molar-refractivity contribution in [3.63, 3.8) is 0 Å². The summed E-state index contributed by atoms with van der Waals surface area (Å²) in [6.45, 7) is 1.91. The van der Waals surface area contributed by atoms with Gasteiger partial charge in [0.2, 0.25) is 0 Å². The van der Waals surface area contributed by atoms with Gasteiger partial charge in [-0.3, -0.25) is 9.71 Å². The fourth-order valence-corrected chi connectivity index (χ4v) is 5.54. The number of para-hydroxylation sites is 1. The molecule has 2 aromatic heterocycles. The maximum Gasteiger partial charge on any atom is 0.337 e. The van der Waals surface area contributed by atoms with Gasteiger partial charge in [-0.05, 0) is 55.0 Å². The monoisotopic (exact) mass is 511 g/mol. The van der Waals surface area contributed by atoms with Gasteiger partial charge in [0.25, 0.3) is 10.0 Å². The Balaban J connectivity index is 1.78. The van der Waals surface area contributed by atoms with Gasteiger partial charge in [0.05, 0.1) is 28.8 Å². The van der Waals surface area contributed by atoms with Crippen LogP contribution in [0.2, 0.25) is 0 Å². The molecule has 186 valence electrons. The van der Waals surface area contributed by atoms with Crippen molar-refractivity contribution in [3.05, 3.63) is 102 Å². The standard InChI is InChI=1S/C29H25N3O4S/c1-19-11-14-21(15-12-19)37(34,35)31-28-27(23-8-4-5-10-26(23)32(28)2)22-16-13-20(29(33)36-3)18-24(22)25-9-6-7-17-30-25/h4-18,31H,1-3H3. The summed E-state index contributed by atoms with van der Waals surface area (Å²) in [5.41, 5.74) is 4.92. The van der Waals surface area contributed by atoms with Gasteiger partial charge in [-0.15, -0.1) is 0 Å². The average Bonchev–Trinajstić information content (AvgIpc) is 3.19. The Morgan fingerprint density at radius 2 is 1.65 bits per heavy atom. The zero-order chi connectivity index (χ0) is 26.2. The number of benzene rings is 3. The minimum Gasteiger partial charge on any atom is -0.465 e. The largest absolute Gasteiger partial charge is 0.465 e. The van der Waals surface area contributed by atoms with Gasteiger partial charge in [0.1, 0.15) is 5.82 Å². The Morgan fingerprint density at radius 1 is 0.919 bits per heavy atom. The van der Waals surface area contributed by atoms with Crippen molar-refractivity contribution < 1.29 is 17.9 Å². The van der Waals surface area contributed by atoms with Crippen LogP contribution in [0.25, 0.3) is 33.3 Å². The highest BCUT2D eigenvalue weighted by atomic mass is 32.2. The fourth-order valence-electron chi connectivity index (χ4n) is 4.43. The van der Waals surface area contributed by atoms with Crippen molar-refractivity contribution >= 4 is 32.7 Å². The molecule has 0 fully saturated rings. The Bertz CT molecular complexity index is 1730. The number of aromatic nitrogens is 2. The van der Waals surface area contributed by atoms with Crippen molar-refractivity contribution in [2.24, 2.45) is 7.05 Å². The van der Waals surface area contributed by atoms with Crippen molar-refractivity contribution in [1.29, 1.82) is 0 Å². The molecule has 0 aliphatic rings.